The molecule has 0 unspecified atom stereocenters. The number of phenolic OH excluding ortho intramolecular Hbond substituents is 2. The minimum Gasteiger partial charge on any atom is -0.507 e. The van der Waals surface area contributed by atoms with E-state index in [1.807, 2.05) is 0 Å². The van der Waals surface area contributed by atoms with E-state index in [2.05, 4.69) is 15.0 Å². The number of nitrogens with zero attached hydrogens (tertiary/aromatic N) is 3. The van der Waals surface area contributed by atoms with Crippen LogP contribution < -0.4 is 9.47 Å². The van der Waals surface area contributed by atoms with Crippen LogP contribution in [0.4, 0.5) is 11.6 Å². The zero-order valence-electron chi connectivity index (χ0n) is 15.4. The number of hydrogen-bond donors (Lipinski definition) is 2. The SMILES string of the molecule is COc1ccc(/C=N/c2cccc(/N=C/c3ccc(OC)cc3O)n2)c(O)c1. The van der Waals surface area contributed by atoms with Crippen molar-refractivity contribution in [3.63, 3.8) is 0 Å². The number of rotatable bonds is 6. The van der Waals surface area contributed by atoms with E-state index in [0.717, 1.165) is 0 Å². The number of aliphatic imine (C=N–C) groups is 2. The van der Waals surface area contributed by atoms with Crippen LogP contribution in [0.15, 0.2) is 64.6 Å². The Balaban J connectivity index is 1.77. The maximum Gasteiger partial charge on any atom is 0.154 e. The lowest BCUT2D eigenvalue weighted by Crippen LogP contribution is -1.87. The largest absolute Gasteiger partial charge is 0.507 e. The first-order valence-corrected chi connectivity index (χ1v) is 8.38. The number of aromatic nitrogens is 1. The van der Waals surface area contributed by atoms with Crippen LogP contribution in [-0.2, 0) is 0 Å². The quantitative estimate of drug-likeness (QED) is 0.633. The summed E-state index contributed by atoms with van der Waals surface area (Å²) >= 11 is 0. The van der Waals surface area contributed by atoms with Crippen LogP contribution >= 0.6 is 0 Å². The molecule has 142 valence electrons. The number of methoxy groups -OCH3 is 2. The Kier molecular flexibility index (Phi) is 5.86. The lowest BCUT2D eigenvalue weighted by Gasteiger charge is -2.03. The van der Waals surface area contributed by atoms with Gasteiger partial charge < -0.3 is 19.7 Å². The molecule has 28 heavy (non-hydrogen) atoms. The van der Waals surface area contributed by atoms with Gasteiger partial charge in [-0.1, -0.05) is 6.07 Å². The summed E-state index contributed by atoms with van der Waals surface area (Å²) in [6, 6.07) is 15.1. The fraction of sp³-hybridized carbons (Fsp3) is 0.0952. The number of aromatic hydroxyl groups is 2. The Morgan fingerprint density at radius 3 is 1.61 bits per heavy atom. The number of benzene rings is 2. The summed E-state index contributed by atoms with van der Waals surface area (Å²) in [6.07, 6.45) is 3.03. The molecule has 1 aromatic heterocycles. The molecule has 3 aromatic rings. The molecule has 0 fully saturated rings. The van der Waals surface area contributed by atoms with E-state index in [1.54, 1.807) is 42.5 Å². The Morgan fingerprint density at radius 1 is 0.750 bits per heavy atom. The summed E-state index contributed by atoms with van der Waals surface area (Å²) < 4.78 is 10.1. The predicted octanol–water partition coefficient (Wildman–Crippen LogP) is 4.01. The number of hydrogen-bond acceptors (Lipinski definition) is 7. The lowest BCUT2D eigenvalue weighted by atomic mass is 10.2. The number of phenols is 2. The average Bonchev–Trinajstić information content (AvgIpc) is 2.72. The first-order chi connectivity index (χ1) is 13.6. The molecule has 2 aromatic carbocycles. The van der Waals surface area contributed by atoms with Crippen molar-refractivity contribution < 1.29 is 19.7 Å². The van der Waals surface area contributed by atoms with Crippen LogP contribution in [0, 0.1) is 0 Å². The zero-order chi connectivity index (χ0) is 19.9. The van der Waals surface area contributed by atoms with Crippen molar-refractivity contribution in [1.29, 1.82) is 0 Å². The molecule has 0 saturated heterocycles. The topological polar surface area (TPSA) is 96.5 Å². The molecule has 0 spiro atoms. The molecule has 0 amide bonds. The number of pyridine rings is 1. The summed E-state index contributed by atoms with van der Waals surface area (Å²) in [4.78, 5) is 12.9. The fourth-order valence-corrected chi connectivity index (χ4v) is 2.35. The van der Waals surface area contributed by atoms with Crippen molar-refractivity contribution >= 4 is 24.1 Å². The molecule has 0 radical (unpaired) electrons. The van der Waals surface area contributed by atoms with Gasteiger partial charge >= 0.3 is 0 Å². The van der Waals surface area contributed by atoms with Crippen molar-refractivity contribution in [1.82, 2.24) is 4.98 Å². The Bertz CT molecular complexity index is 953. The summed E-state index contributed by atoms with van der Waals surface area (Å²) in [5, 5.41) is 20.0. The highest BCUT2D eigenvalue weighted by molar-refractivity contribution is 5.86. The van der Waals surface area contributed by atoms with Crippen LogP contribution in [0.3, 0.4) is 0 Å². The minimum absolute atomic E-state index is 0.0623. The van der Waals surface area contributed by atoms with Gasteiger partial charge in [-0.25, -0.2) is 15.0 Å². The van der Waals surface area contributed by atoms with E-state index >= 15 is 0 Å². The Hall–Kier alpha value is -3.87. The second-order valence-corrected chi connectivity index (χ2v) is 5.72. The van der Waals surface area contributed by atoms with Crippen molar-refractivity contribution in [3.8, 4) is 23.0 Å². The third-order valence-corrected chi connectivity index (χ3v) is 3.87. The van der Waals surface area contributed by atoms with Crippen molar-refractivity contribution in [2.45, 2.75) is 0 Å². The molecular weight excluding hydrogens is 358 g/mol. The number of ether oxygens (including phenoxy) is 2. The van der Waals surface area contributed by atoms with Gasteiger partial charge in [-0.2, -0.15) is 0 Å². The highest BCUT2D eigenvalue weighted by atomic mass is 16.5. The Morgan fingerprint density at radius 2 is 1.21 bits per heavy atom. The molecule has 3 rings (SSSR count). The van der Waals surface area contributed by atoms with Crippen LogP contribution in [-0.4, -0.2) is 41.8 Å². The predicted molar refractivity (Wildman–Crippen MR) is 108 cm³/mol. The third-order valence-electron chi connectivity index (χ3n) is 3.87. The zero-order valence-corrected chi connectivity index (χ0v) is 15.4. The van der Waals surface area contributed by atoms with E-state index in [9.17, 15) is 10.2 Å². The van der Waals surface area contributed by atoms with Crippen molar-refractivity contribution in [2.24, 2.45) is 9.98 Å². The molecule has 1 heterocycles. The molecule has 0 aliphatic rings. The standard InChI is InChI=1S/C21H19N3O4/c1-27-16-8-6-14(18(25)10-16)12-22-20-4-3-5-21(24-20)23-13-15-7-9-17(28-2)11-19(15)26/h3-13,25-26H,1-2H3/b22-12+,23-13+. The second-order valence-electron chi connectivity index (χ2n) is 5.72. The molecule has 0 bridgehead atoms. The smallest absolute Gasteiger partial charge is 0.154 e. The van der Waals surface area contributed by atoms with E-state index in [0.29, 0.717) is 34.3 Å². The highest BCUT2D eigenvalue weighted by Crippen LogP contribution is 2.24. The molecule has 7 nitrogen and oxygen atoms in total. The molecule has 7 heteroatoms. The second kappa shape index (κ2) is 8.68. The van der Waals surface area contributed by atoms with Crippen LogP contribution in [0.5, 0.6) is 23.0 Å². The first-order valence-electron chi connectivity index (χ1n) is 8.38. The van der Waals surface area contributed by atoms with Gasteiger partial charge in [0.25, 0.3) is 0 Å². The monoisotopic (exact) mass is 377 g/mol. The van der Waals surface area contributed by atoms with Crippen molar-refractivity contribution in [2.75, 3.05) is 14.2 Å². The minimum atomic E-state index is 0.0623. The maximum absolute atomic E-state index is 9.98. The molecule has 0 aliphatic carbocycles. The molecule has 2 N–H and O–H groups in total. The summed E-state index contributed by atoms with van der Waals surface area (Å²) in [5.41, 5.74) is 1.08. The molecular formula is C21H19N3O4. The lowest BCUT2D eigenvalue weighted by molar-refractivity contribution is 0.407. The molecule has 0 aliphatic heterocycles. The van der Waals surface area contributed by atoms with E-state index in [4.69, 9.17) is 9.47 Å². The van der Waals surface area contributed by atoms with Crippen LogP contribution in [0.2, 0.25) is 0 Å². The summed E-state index contributed by atoms with van der Waals surface area (Å²) in [7, 11) is 3.06. The maximum atomic E-state index is 9.98. The highest BCUT2D eigenvalue weighted by Gasteiger charge is 2.02. The summed E-state index contributed by atoms with van der Waals surface area (Å²) in [5.74, 6) is 2.11. The van der Waals surface area contributed by atoms with Gasteiger partial charge in [-0.05, 0) is 36.4 Å². The van der Waals surface area contributed by atoms with Gasteiger partial charge in [-0.15, -0.1) is 0 Å². The van der Waals surface area contributed by atoms with E-state index in [-0.39, 0.29) is 11.5 Å². The Labute approximate surface area is 162 Å². The normalized spacial score (nSPS) is 11.2. The van der Waals surface area contributed by atoms with Gasteiger partial charge in [0.1, 0.15) is 23.0 Å². The van der Waals surface area contributed by atoms with Gasteiger partial charge in [0, 0.05) is 35.7 Å². The van der Waals surface area contributed by atoms with E-state index < -0.39 is 0 Å². The van der Waals surface area contributed by atoms with E-state index in [1.165, 1.54) is 38.8 Å². The van der Waals surface area contributed by atoms with Gasteiger partial charge in [0.05, 0.1) is 14.2 Å². The van der Waals surface area contributed by atoms with Gasteiger partial charge in [-0.3, -0.25) is 0 Å². The average molecular weight is 377 g/mol. The van der Waals surface area contributed by atoms with Crippen LogP contribution in [0.25, 0.3) is 0 Å². The third kappa shape index (κ3) is 4.64. The first kappa shape index (κ1) is 18.9. The fourth-order valence-electron chi connectivity index (χ4n) is 2.35. The van der Waals surface area contributed by atoms with Crippen molar-refractivity contribution in [3.05, 3.63) is 65.7 Å². The van der Waals surface area contributed by atoms with Crippen LogP contribution in [0.1, 0.15) is 11.1 Å². The van der Waals surface area contributed by atoms with Gasteiger partial charge in [0.15, 0.2) is 11.6 Å². The van der Waals surface area contributed by atoms with Gasteiger partial charge in [0.2, 0.25) is 0 Å². The summed E-state index contributed by atoms with van der Waals surface area (Å²) in [6.45, 7) is 0. The molecule has 0 atom stereocenters. The molecule has 0 saturated carbocycles.